The minimum absolute atomic E-state index is 0.152. The van der Waals surface area contributed by atoms with Crippen LogP contribution >= 0.6 is 0 Å². The first-order valence-corrected chi connectivity index (χ1v) is 6.06. The van der Waals surface area contributed by atoms with Gasteiger partial charge in [0.25, 0.3) is 0 Å². The molecule has 94 valence electrons. The summed E-state index contributed by atoms with van der Waals surface area (Å²) in [7, 11) is 0. The van der Waals surface area contributed by atoms with Crippen LogP contribution in [0.5, 0.6) is 0 Å². The number of benzene rings is 1. The largest absolute Gasteiger partial charge is 0.383 e. The van der Waals surface area contributed by atoms with Crippen LogP contribution in [0.25, 0.3) is 0 Å². The third-order valence-electron chi connectivity index (χ3n) is 3.11. The predicted octanol–water partition coefficient (Wildman–Crippen LogP) is 1.88. The van der Waals surface area contributed by atoms with Crippen molar-refractivity contribution in [3.8, 4) is 0 Å². The highest BCUT2D eigenvalue weighted by Gasteiger charge is 2.09. The van der Waals surface area contributed by atoms with Gasteiger partial charge < -0.3 is 10.1 Å². The molecule has 1 heterocycles. The van der Waals surface area contributed by atoms with E-state index in [4.69, 9.17) is 4.74 Å². The van der Waals surface area contributed by atoms with Gasteiger partial charge in [-0.3, -0.25) is 4.90 Å². The van der Waals surface area contributed by atoms with Gasteiger partial charge in [0.2, 0.25) is 0 Å². The van der Waals surface area contributed by atoms with Crippen molar-refractivity contribution in [2.24, 2.45) is 0 Å². The summed E-state index contributed by atoms with van der Waals surface area (Å²) in [5.74, 6) is -0.152. The van der Waals surface area contributed by atoms with Gasteiger partial charge in [0.1, 0.15) is 5.82 Å². The molecule has 0 unspecified atom stereocenters. The molecule has 17 heavy (non-hydrogen) atoms. The maximum atomic E-state index is 13.3. The summed E-state index contributed by atoms with van der Waals surface area (Å²) in [6, 6.07) is 5.14. The lowest BCUT2D eigenvalue weighted by molar-refractivity contribution is 0.0398. The summed E-state index contributed by atoms with van der Waals surface area (Å²) in [6.45, 7) is 7.22. The molecule has 1 fully saturated rings. The zero-order valence-corrected chi connectivity index (χ0v) is 10.2. The van der Waals surface area contributed by atoms with Crippen LogP contribution in [0.1, 0.15) is 5.56 Å². The third-order valence-corrected chi connectivity index (χ3v) is 3.11. The Morgan fingerprint density at radius 1 is 1.35 bits per heavy atom. The molecule has 0 aromatic heterocycles. The molecule has 0 bridgehead atoms. The van der Waals surface area contributed by atoms with Crippen molar-refractivity contribution < 1.29 is 9.13 Å². The van der Waals surface area contributed by atoms with Gasteiger partial charge in [-0.25, -0.2) is 4.39 Å². The zero-order valence-electron chi connectivity index (χ0n) is 10.2. The maximum absolute atomic E-state index is 13.3. The van der Waals surface area contributed by atoms with Gasteiger partial charge in [0.15, 0.2) is 0 Å². The summed E-state index contributed by atoms with van der Waals surface area (Å²) in [4.78, 5) is 2.35. The lowest BCUT2D eigenvalue weighted by Gasteiger charge is -2.26. The number of morpholine rings is 1. The fraction of sp³-hybridized carbons (Fsp3) is 0.538. The van der Waals surface area contributed by atoms with Crippen molar-refractivity contribution in [3.05, 3.63) is 29.6 Å². The van der Waals surface area contributed by atoms with Crippen LogP contribution in [0.15, 0.2) is 18.2 Å². The molecule has 1 aliphatic heterocycles. The Bertz CT molecular complexity index is 364. The van der Waals surface area contributed by atoms with Gasteiger partial charge >= 0.3 is 0 Å². The molecule has 1 aromatic carbocycles. The van der Waals surface area contributed by atoms with Gasteiger partial charge in [-0.15, -0.1) is 0 Å². The van der Waals surface area contributed by atoms with Gasteiger partial charge in [-0.2, -0.15) is 0 Å². The van der Waals surface area contributed by atoms with E-state index in [-0.39, 0.29) is 5.82 Å². The van der Waals surface area contributed by atoms with Crippen LogP contribution in [-0.4, -0.2) is 44.3 Å². The molecule has 1 saturated heterocycles. The Labute approximate surface area is 102 Å². The second-order valence-corrected chi connectivity index (χ2v) is 4.29. The molecule has 0 atom stereocenters. The number of ether oxygens (including phenoxy) is 1. The summed E-state index contributed by atoms with van der Waals surface area (Å²) in [5, 5.41) is 3.28. The number of rotatable bonds is 4. The number of hydrogen-bond donors (Lipinski definition) is 1. The Hall–Kier alpha value is -1.13. The SMILES string of the molecule is Cc1c(F)cccc1NCCN1CCOCC1. The van der Waals surface area contributed by atoms with Gasteiger partial charge in [-0.1, -0.05) is 6.07 Å². The fourth-order valence-corrected chi connectivity index (χ4v) is 1.97. The lowest BCUT2D eigenvalue weighted by atomic mass is 10.2. The van der Waals surface area contributed by atoms with E-state index in [1.807, 2.05) is 6.07 Å². The van der Waals surface area contributed by atoms with E-state index in [1.165, 1.54) is 6.07 Å². The van der Waals surface area contributed by atoms with Crippen molar-refractivity contribution in [1.82, 2.24) is 4.90 Å². The molecule has 0 radical (unpaired) electrons. The van der Waals surface area contributed by atoms with Crippen LogP contribution in [0.3, 0.4) is 0 Å². The molecule has 0 spiro atoms. The maximum Gasteiger partial charge on any atom is 0.128 e. The fourth-order valence-electron chi connectivity index (χ4n) is 1.97. The number of hydrogen-bond acceptors (Lipinski definition) is 3. The summed E-state index contributed by atoms with van der Waals surface area (Å²) in [5.41, 5.74) is 1.58. The third kappa shape index (κ3) is 3.41. The number of nitrogens with one attached hydrogen (secondary N) is 1. The Kier molecular flexibility index (Phi) is 4.34. The predicted molar refractivity (Wildman–Crippen MR) is 66.9 cm³/mol. The second kappa shape index (κ2) is 5.98. The van der Waals surface area contributed by atoms with E-state index in [0.717, 1.165) is 45.1 Å². The minimum atomic E-state index is -0.152. The first-order valence-electron chi connectivity index (χ1n) is 6.06. The first kappa shape index (κ1) is 12.3. The van der Waals surface area contributed by atoms with Crippen molar-refractivity contribution >= 4 is 5.69 Å². The van der Waals surface area contributed by atoms with E-state index in [0.29, 0.717) is 5.56 Å². The van der Waals surface area contributed by atoms with Crippen molar-refractivity contribution in [1.29, 1.82) is 0 Å². The van der Waals surface area contributed by atoms with Crippen LogP contribution in [0.4, 0.5) is 10.1 Å². The molecule has 0 saturated carbocycles. The van der Waals surface area contributed by atoms with E-state index in [2.05, 4.69) is 10.2 Å². The van der Waals surface area contributed by atoms with Crippen LogP contribution < -0.4 is 5.32 Å². The minimum Gasteiger partial charge on any atom is -0.383 e. The van der Waals surface area contributed by atoms with Crippen LogP contribution in [-0.2, 0) is 4.74 Å². The van der Waals surface area contributed by atoms with Crippen molar-refractivity contribution in [2.45, 2.75) is 6.92 Å². The molecule has 0 aliphatic carbocycles. The average Bonchev–Trinajstić information content (AvgIpc) is 2.36. The first-order chi connectivity index (χ1) is 8.27. The van der Waals surface area contributed by atoms with Crippen molar-refractivity contribution in [3.63, 3.8) is 0 Å². The highest BCUT2D eigenvalue weighted by atomic mass is 19.1. The average molecular weight is 238 g/mol. The van der Waals surface area contributed by atoms with E-state index in [1.54, 1.807) is 13.0 Å². The summed E-state index contributed by atoms with van der Waals surface area (Å²) in [6.07, 6.45) is 0. The van der Waals surface area contributed by atoms with Crippen molar-refractivity contribution in [2.75, 3.05) is 44.7 Å². The quantitative estimate of drug-likeness (QED) is 0.866. The highest BCUT2D eigenvalue weighted by Crippen LogP contribution is 2.16. The topological polar surface area (TPSA) is 24.5 Å². The molecular weight excluding hydrogens is 219 g/mol. The molecule has 1 N–H and O–H groups in total. The van der Waals surface area contributed by atoms with Gasteiger partial charge in [-0.05, 0) is 19.1 Å². The summed E-state index contributed by atoms with van der Waals surface area (Å²) >= 11 is 0. The molecule has 1 aliphatic rings. The van der Waals surface area contributed by atoms with E-state index >= 15 is 0 Å². The molecule has 4 heteroatoms. The van der Waals surface area contributed by atoms with E-state index < -0.39 is 0 Å². The normalized spacial score (nSPS) is 17.1. The highest BCUT2D eigenvalue weighted by molar-refractivity contribution is 5.50. The monoisotopic (exact) mass is 238 g/mol. The smallest absolute Gasteiger partial charge is 0.128 e. The number of halogens is 1. The summed E-state index contributed by atoms with van der Waals surface area (Å²) < 4.78 is 18.6. The Morgan fingerprint density at radius 3 is 2.88 bits per heavy atom. The molecule has 2 rings (SSSR count). The van der Waals surface area contributed by atoms with Gasteiger partial charge in [0, 0.05) is 37.4 Å². The van der Waals surface area contributed by atoms with Gasteiger partial charge in [0.05, 0.1) is 13.2 Å². The standard InChI is InChI=1S/C13H19FN2O/c1-11-12(14)3-2-4-13(11)15-5-6-16-7-9-17-10-8-16/h2-4,15H,5-10H2,1H3. The van der Waals surface area contributed by atoms with E-state index in [9.17, 15) is 4.39 Å². The molecule has 1 aromatic rings. The zero-order chi connectivity index (χ0) is 12.1. The molecular formula is C13H19FN2O. The Morgan fingerprint density at radius 2 is 2.12 bits per heavy atom. The molecule has 3 nitrogen and oxygen atoms in total. The number of anilines is 1. The van der Waals surface area contributed by atoms with Crippen LogP contribution in [0.2, 0.25) is 0 Å². The molecule has 0 amide bonds. The number of nitrogens with zero attached hydrogens (tertiary/aromatic N) is 1. The lowest BCUT2D eigenvalue weighted by Crippen LogP contribution is -2.39. The second-order valence-electron chi connectivity index (χ2n) is 4.29. The van der Waals surface area contributed by atoms with Crippen LogP contribution in [0, 0.1) is 12.7 Å². The Balaban J connectivity index is 1.79.